The van der Waals surface area contributed by atoms with E-state index in [2.05, 4.69) is 121 Å². The molecule has 0 aliphatic rings. The van der Waals surface area contributed by atoms with E-state index in [1.165, 1.54) is 27.6 Å². The number of hydrogen-bond acceptors (Lipinski definition) is 2. The summed E-state index contributed by atoms with van der Waals surface area (Å²) in [6.07, 6.45) is 1.99. The molecule has 0 heterocycles. The summed E-state index contributed by atoms with van der Waals surface area (Å²) in [4.78, 5) is 2.40. The van der Waals surface area contributed by atoms with Crippen LogP contribution in [0.3, 0.4) is 0 Å². The fourth-order valence-electron chi connectivity index (χ4n) is 5.11. The molecular weight excluding hydrogens is 445 g/mol. The molecule has 1 atom stereocenters. The summed E-state index contributed by atoms with van der Waals surface area (Å²) in [5.41, 5.74) is 7.39. The van der Waals surface area contributed by atoms with Crippen molar-refractivity contribution >= 4 is 13.9 Å². The Morgan fingerprint density at radius 3 is 2.06 bits per heavy atom. The number of benzene rings is 3. The molecule has 35 heavy (non-hydrogen) atoms. The monoisotopic (exact) mass is 489 g/mol. The summed E-state index contributed by atoms with van der Waals surface area (Å²) in [7, 11) is 2.80. The Bertz CT molecular complexity index is 1130. The van der Waals surface area contributed by atoms with Gasteiger partial charge in [-0.25, -0.2) is 0 Å². The van der Waals surface area contributed by atoms with E-state index in [4.69, 9.17) is 0 Å². The highest BCUT2D eigenvalue weighted by molar-refractivity contribution is 7.48. The molecular formula is C32H44NOP. The molecule has 0 aliphatic carbocycles. The van der Waals surface area contributed by atoms with E-state index in [9.17, 15) is 5.11 Å². The molecule has 0 amide bonds. The van der Waals surface area contributed by atoms with Gasteiger partial charge in [0.25, 0.3) is 0 Å². The van der Waals surface area contributed by atoms with E-state index >= 15 is 0 Å². The van der Waals surface area contributed by atoms with Gasteiger partial charge in [0.05, 0.1) is 0 Å². The smallest absolute Gasteiger partial charge is 0.123 e. The lowest BCUT2D eigenvalue weighted by Gasteiger charge is -2.36. The number of nitrogens with zero attached hydrogens (tertiary/aromatic N) is 1. The minimum Gasteiger partial charge on any atom is -0.507 e. The second kappa shape index (κ2) is 11.3. The first-order valence-electron chi connectivity index (χ1n) is 12.9. The molecule has 0 spiro atoms. The van der Waals surface area contributed by atoms with E-state index in [1.807, 2.05) is 0 Å². The van der Waals surface area contributed by atoms with Gasteiger partial charge in [-0.05, 0) is 66.7 Å². The van der Waals surface area contributed by atoms with Crippen molar-refractivity contribution in [1.29, 1.82) is 0 Å². The standard InChI is InChI=1S/C32H44NOP/c1-9-32(10-2,28-20-23(3)19-27(29(28)34)31(5,6)7)35-30-24(4)15-14-18-26(30)22-33(8)21-25-16-12-11-13-17-25/h11-20,34-35H,9-10,21-22H2,1-8H3. The number of aromatic hydroxyl groups is 1. The number of aryl methyl sites for hydroxylation is 2. The van der Waals surface area contributed by atoms with Crippen molar-refractivity contribution in [1.82, 2.24) is 4.90 Å². The third kappa shape index (κ3) is 6.35. The number of phenolic OH excluding ortho intramolecular Hbond substituents is 1. The van der Waals surface area contributed by atoms with Crippen molar-refractivity contribution in [2.45, 2.75) is 85.0 Å². The number of rotatable bonds is 9. The van der Waals surface area contributed by atoms with E-state index in [-0.39, 0.29) is 10.6 Å². The fourth-order valence-corrected chi connectivity index (χ4v) is 6.87. The summed E-state index contributed by atoms with van der Waals surface area (Å²) >= 11 is 0. The van der Waals surface area contributed by atoms with E-state index in [0.717, 1.165) is 37.1 Å². The van der Waals surface area contributed by atoms with Crippen LogP contribution in [-0.2, 0) is 23.7 Å². The largest absolute Gasteiger partial charge is 0.507 e. The summed E-state index contributed by atoms with van der Waals surface area (Å²) < 4.78 is 0. The summed E-state index contributed by atoms with van der Waals surface area (Å²) in [5, 5.41) is 12.9. The van der Waals surface area contributed by atoms with Crippen LogP contribution in [0.1, 0.15) is 80.8 Å². The molecule has 1 unspecified atom stereocenters. The van der Waals surface area contributed by atoms with Crippen LogP contribution in [0.4, 0.5) is 0 Å². The van der Waals surface area contributed by atoms with Crippen molar-refractivity contribution < 1.29 is 5.11 Å². The molecule has 0 saturated carbocycles. The molecule has 0 aliphatic heterocycles. The first-order chi connectivity index (χ1) is 16.5. The van der Waals surface area contributed by atoms with Crippen molar-refractivity contribution in [3.8, 4) is 5.75 Å². The van der Waals surface area contributed by atoms with Crippen LogP contribution in [0.25, 0.3) is 0 Å². The zero-order valence-electron chi connectivity index (χ0n) is 23.0. The normalized spacial score (nSPS) is 12.7. The number of phenols is 1. The predicted octanol–water partition coefficient (Wildman–Crippen LogP) is 7.96. The molecule has 188 valence electrons. The molecule has 3 aromatic rings. The molecule has 0 fully saturated rings. The van der Waals surface area contributed by atoms with Gasteiger partial charge in [0, 0.05) is 23.8 Å². The minimum absolute atomic E-state index is 0.0883. The average molecular weight is 490 g/mol. The van der Waals surface area contributed by atoms with Crippen LogP contribution in [0.2, 0.25) is 0 Å². The Morgan fingerprint density at radius 2 is 1.46 bits per heavy atom. The lowest BCUT2D eigenvalue weighted by Crippen LogP contribution is -2.27. The molecule has 3 rings (SSSR count). The first kappa shape index (κ1) is 27.4. The Balaban J connectivity index is 2.02. The summed E-state index contributed by atoms with van der Waals surface area (Å²) in [6.45, 7) is 17.4. The van der Waals surface area contributed by atoms with Crippen molar-refractivity contribution in [2.24, 2.45) is 0 Å². The van der Waals surface area contributed by atoms with Gasteiger partial charge in [-0.2, -0.15) is 0 Å². The molecule has 0 bridgehead atoms. The van der Waals surface area contributed by atoms with Crippen LogP contribution in [-0.4, -0.2) is 17.1 Å². The zero-order chi connectivity index (χ0) is 25.8. The van der Waals surface area contributed by atoms with Crippen molar-refractivity contribution in [2.75, 3.05) is 7.05 Å². The molecule has 0 radical (unpaired) electrons. The predicted molar refractivity (Wildman–Crippen MR) is 155 cm³/mol. The van der Waals surface area contributed by atoms with Gasteiger partial charge in [0.15, 0.2) is 0 Å². The highest BCUT2D eigenvalue weighted by atomic mass is 31.1. The summed E-state index contributed by atoms with van der Waals surface area (Å²) in [5.74, 6) is 0.496. The van der Waals surface area contributed by atoms with Crippen molar-refractivity contribution in [3.05, 3.63) is 94.0 Å². The molecule has 0 aromatic heterocycles. The van der Waals surface area contributed by atoms with Crippen LogP contribution >= 0.6 is 8.58 Å². The van der Waals surface area contributed by atoms with E-state index in [1.54, 1.807) is 0 Å². The maximum absolute atomic E-state index is 11.6. The Hall–Kier alpha value is -2.15. The second-order valence-electron chi connectivity index (χ2n) is 11.1. The van der Waals surface area contributed by atoms with E-state index < -0.39 is 0 Å². The Morgan fingerprint density at radius 1 is 0.829 bits per heavy atom. The van der Waals surface area contributed by atoms with Crippen molar-refractivity contribution in [3.63, 3.8) is 0 Å². The number of hydrogen-bond donors (Lipinski definition) is 1. The van der Waals surface area contributed by atoms with Gasteiger partial charge in [0.2, 0.25) is 0 Å². The van der Waals surface area contributed by atoms with Gasteiger partial charge < -0.3 is 5.11 Å². The van der Waals surface area contributed by atoms with Gasteiger partial charge >= 0.3 is 0 Å². The lowest BCUT2D eigenvalue weighted by molar-refractivity contribution is 0.320. The molecule has 3 aromatic carbocycles. The minimum atomic E-state index is -0.102. The van der Waals surface area contributed by atoms with Crippen LogP contribution in [0.5, 0.6) is 5.75 Å². The maximum Gasteiger partial charge on any atom is 0.123 e. The molecule has 2 nitrogen and oxygen atoms in total. The molecule has 1 N–H and O–H groups in total. The second-order valence-corrected chi connectivity index (χ2v) is 12.8. The quantitative estimate of drug-likeness (QED) is 0.308. The van der Waals surface area contributed by atoms with E-state index in [0.29, 0.717) is 14.3 Å². The molecule has 0 saturated heterocycles. The summed E-state index contributed by atoms with van der Waals surface area (Å²) in [6, 6.07) is 21.8. The topological polar surface area (TPSA) is 23.5 Å². The third-order valence-corrected chi connectivity index (χ3v) is 9.66. The van der Waals surface area contributed by atoms with Gasteiger partial charge in [0.1, 0.15) is 5.75 Å². The van der Waals surface area contributed by atoms with Crippen LogP contribution in [0, 0.1) is 13.8 Å². The van der Waals surface area contributed by atoms with Gasteiger partial charge in [-0.3, -0.25) is 4.90 Å². The van der Waals surface area contributed by atoms with Crippen LogP contribution < -0.4 is 5.30 Å². The van der Waals surface area contributed by atoms with Gasteiger partial charge in [-0.15, -0.1) is 0 Å². The molecule has 3 heteroatoms. The van der Waals surface area contributed by atoms with Crippen LogP contribution in [0.15, 0.2) is 60.7 Å². The average Bonchev–Trinajstić information content (AvgIpc) is 2.80. The highest BCUT2D eigenvalue weighted by Gasteiger charge is 2.35. The maximum atomic E-state index is 11.6. The first-order valence-corrected chi connectivity index (χ1v) is 13.9. The zero-order valence-corrected chi connectivity index (χ0v) is 24.0. The Kier molecular flexibility index (Phi) is 8.84. The third-order valence-electron chi connectivity index (χ3n) is 7.24. The van der Waals surface area contributed by atoms with Gasteiger partial charge in [-0.1, -0.05) is 109 Å². The Labute approximate surface area is 215 Å². The highest BCUT2D eigenvalue weighted by Crippen LogP contribution is 2.52. The SMILES string of the molecule is CCC(CC)(Pc1c(C)cccc1CN(C)Cc1ccccc1)c1cc(C)cc(C(C)(C)C)c1O. The lowest BCUT2D eigenvalue weighted by atomic mass is 9.81. The fraction of sp³-hybridized carbons (Fsp3) is 0.438.